The number of alkyl halides is 1. The lowest BCUT2D eigenvalue weighted by molar-refractivity contribution is 0.396. The molecule has 0 aromatic rings. The van der Waals surface area contributed by atoms with Crippen molar-refractivity contribution in [1.29, 1.82) is 0 Å². The van der Waals surface area contributed by atoms with Gasteiger partial charge in [-0.3, -0.25) is 0 Å². The lowest BCUT2D eigenvalue weighted by atomic mass is 10.3. The summed E-state index contributed by atoms with van der Waals surface area (Å²) >= 11 is 5.26. The van der Waals surface area contributed by atoms with Gasteiger partial charge < -0.3 is 0 Å². The van der Waals surface area contributed by atoms with Gasteiger partial charge >= 0.3 is 0 Å². The van der Waals surface area contributed by atoms with E-state index in [-0.39, 0.29) is 11.5 Å². The van der Waals surface area contributed by atoms with Crippen molar-refractivity contribution in [2.24, 2.45) is 0 Å². The molecule has 0 bridgehead atoms. The highest BCUT2D eigenvalue weighted by atomic mass is 35.5. The molecule has 1 rings (SSSR count). The van der Waals surface area contributed by atoms with Crippen LogP contribution in [0.15, 0.2) is 0 Å². The van der Waals surface area contributed by atoms with Crippen LogP contribution in [0.5, 0.6) is 0 Å². The maximum Gasteiger partial charge on any atom is 0.228 e. The van der Waals surface area contributed by atoms with Crippen LogP contribution in [0.3, 0.4) is 0 Å². The minimum atomic E-state index is -3.50. The lowest BCUT2D eigenvalue weighted by Crippen LogP contribution is -2.38. The van der Waals surface area contributed by atoms with Crippen LogP contribution in [0.1, 0.15) is 6.42 Å². The van der Waals surface area contributed by atoms with Gasteiger partial charge in [0.1, 0.15) is 5.21 Å². The van der Waals surface area contributed by atoms with E-state index < -0.39 is 31.1 Å². The van der Waals surface area contributed by atoms with Gasteiger partial charge in [-0.25, -0.2) is 16.8 Å². The summed E-state index contributed by atoms with van der Waals surface area (Å²) < 4.78 is 45.9. The Kier molecular flexibility index (Phi) is 3.45. The minimum Gasteiger partial charge on any atom is -0.229 e. The molecule has 0 saturated carbocycles. The summed E-state index contributed by atoms with van der Waals surface area (Å²) in [4.78, 5) is 0. The van der Waals surface area contributed by atoms with Crippen molar-refractivity contribution < 1.29 is 16.8 Å². The van der Waals surface area contributed by atoms with Crippen LogP contribution in [0, 0.1) is 0 Å². The second-order valence-corrected chi connectivity index (χ2v) is 8.14. The normalized spacial score (nSPS) is 26.9. The van der Waals surface area contributed by atoms with Crippen molar-refractivity contribution in [2.75, 3.05) is 23.8 Å². The molecular weight excluding hydrogens is 250 g/mol. The van der Waals surface area contributed by atoms with Gasteiger partial charge in [0.15, 0.2) is 9.84 Å². The van der Waals surface area contributed by atoms with Gasteiger partial charge in [0.2, 0.25) is 10.0 Å². The maximum absolute atomic E-state index is 11.3. The molecule has 0 spiro atoms. The van der Waals surface area contributed by atoms with Crippen LogP contribution in [0.2, 0.25) is 0 Å². The molecule has 1 atom stereocenters. The fraction of sp³-hybridized carbons (Fsp3) is 1.00. The maximum atomic E-state index is 11.3. The molecule has 1 aliphatic rings. The van der Waals surface area contributed by atoms with Crippen LogP contribution in [0.25, 0.3) is 0 Å². The van der Waals surface area contributed by atoms with Crippen LogP contribution < -0.4 is 0 Å². The average molecular weight is 262 g/mol. The SMILES string of the molecule is CN(C1CCS(=O)(=O)C1)S(=O)(=O)CCl. The molecule has 8 heteroatoms. The van der Waals surface area contributed by atoms with Crippen LogP contribution in [0.4, 0.5) is 0 Å². The number of hydrogen-bond acceptors (Lipinski definition) is 4. The number of hydrogen-bond donors (Lipinski definition) is 0. The second kappa shape index (κ2) is 3.96. The van der Waals surface area contributed by atoms with Crippen molar-refractivity contribution in [2.45, 2.75) is 12.5 Å². The molecule has 1 fully saturated rings. The molecule has 5 nitrogen and oxygen atoms in total. The highest BCUT2D eigenvalue weighted by Crippen LogP contribution is 2.19. The smallest absolute Gasteiger partial charge is 0.228 e. The zero-order valence-corrected chi connectivity index (χ0v) is 10.1. The van der Waals surface area contributed by atoms with Crippen molar-refractivity contribution in [3.05, 3.63) is 0 Å². The molecule has 0 amide bonds. The fourth-order valence-corrected chi connectivity index (χ4v) is 4.48. The Bertz CT molecular complexity index is 402. The Labute approximate surface area is 89.0 Å². The van der Waals surface area contributed by atoms with Gasteiger partial charge in [-0.1, -0.05) is 0 Å². The number of sulfonamides is 1. The molecule has 1 aliphatic heterocycles. The molecule has 1 heterocycles. The summed E-state index contributed by atoms with van der Waals surface area (Å²) in [7, 11) is -5.19. The monoisotopic (exact) mass is 261 g/mol. The summed E-state index contributed by atoms with van der Waals surface area (Å²) in [6.07, 6.45) is 0.356. The van der Waals surface area contributed by atoms with E-state index in [1.54, 1.807) is 0 Å². The standard InChI is InChI=1S/C6H12ClNO4S2/c1-8(14(11,12)5-7)6-2-3-13(9,10)4-6/h6H,2-5H2,1H3. The van der Waals surface area contributed by atoms with Crippen LogP contribution in [-0.4, -0.2) is 50.9 Å². The summed E-state index contributed by atoms with van der Waals surface area (Å²) in [6.45, 7) is 0. The molecule has 84 valence electrons. The summed E-state index contributed by atoms with van der Waals surface area (Å²) in [5.41, 5.74) is 0. The molecule has 0 N–H and O–H groups in total. The average Bonchev–Trinajstić information content (AvgIpc) is 2.44. The third-order valence-corrected chi connectivity index (χ3v) is 6.33. The van der Waals surface area contributed by atoms with Gasteiger partial charge in [0.05, 0.1) is 11.5 Å². The van der Waals surface area contributed by atoms with Crippen LogP contribution >= 0.6 is 11.6 Å². The number of halogens is 1. The first kappa shape index (κ1) is 12.2. The highest BCUT2D eigenvalue weighted by Gasteiger charge is 2.35. The zero-order valence-electron chi connectivity index (χ0n) is 7.68. The van der Waals surface area contributed by atoms with Gasteiger partial charge in [0, 0.05) is 13.1 Å². The van der Waals surface area contributed by atoms with E-state index in [9.17, 15) is 16.8 Å². The van der Waals surface area contributed by atoms with Gasteiger partial charge in [0.25, 0.3) is 0 Å². The highest BCUT2D eigenvalue weighted by molar-refractivity contribution is 7.92. The van der Waals surface area contributed by atoms with Crippen molar-refractivity contribution in [1.82, 2.24) is 4.31 Å². The molecular formula is C6H12ClNO4S2. The van der Waals surface area contributed by atoms with E-state index in [0.717, 1.165) is 4.31 Å². The minimum absolute atomic E-state index is 0.0554. The Morgan fingerprint density at radius 2 is 2.07 bits per heavy atom. The first-order chi connectivity index (χ1) is 6.28. The zero-order chi connectivity index (χ0) is 11.0. The van der Waals surface area contributed by atoms with Crippen molar-refractivity contribution in [3.8, 4) is 0 Å². The Morgan fingerprint density at radius 3 is 2.43 bits per heavy atom. The second-order valence-electron chi connectivity index (χ2n) is 3.29. The summed E-state index contributed by atoms with van der Waals surface area (Å²) in [5, 5.41) is -0.514. The topological polar surface area (TPSA) is 71.5 Å². The Hall–Kier alpha value is 0.150. The summed E-state index contributed by atoms with van der Waals surface area (Å²) in [5.74, 6) is -0.0422. The first-order valence-electron chi connectivity index (χ1n) is 4.00. The van der Waals surface area contributed by atoms with Crippen molar-refractivity contribution >= 4 is 31.5 Å². The quantitative estimate of drug-likeness (QED) is 0.650. The number of rotatable bonds is 3. The fourth-order valence-electron chi connectivity index (χ4n) is 1.37. The first-order valence-corrected chi connectivity index (χ1v) is 7.97. The third-order valence-electron chi connectivity index (χ3n) is 2.30. The van der Waals surface area contributed by atoms with E-state index in [0.29, 0.717) is 6.42 Å². The molecule has 0 aliphatic carbocycles. The van der Waals surface area contributed by atoms with E-state index in [1.807, 2.05) is 0 Å². The molecule has 0 aromatic carbocycles. The Balaban J connectivity index is 2.79. The van der Waals surface area contributed by atoms with Gasteiger partial charge in [-0.15, -0.1) is 11.6 Å². The lowest BCUT2D eigenvalue weighted by Gasteiger charge is -2.21. The predicted molar refractivity (Wildman–Crippen MR) is 54.5 cm³/mol. The number of sulfone groups is 1. The molecule has 0 aromatic heterocycles. The molecule has 0 radical (unpaired) electrons. The van der Waals surface area contributed by atoms with E-state index in [2.05, 4.69) is 0 Å². The number of nitrogens with zero attached hydrogens (tertiary/aromatic N) is 1. The van der Waals surface area contributed by atoms with E-state index in [1.165, 1.54) is 7.05 Å². The molecule has 1 unspecified atom stereocenters. The van der Waals surface area contributed by atoms with Gasteiger partial charge in [-0.2, -0.15) is 4.31 Å². The predicted octanol–water partition coefficient (Wildman–Crippen LogP) is -0.369. The van der Waals surface area contributed by atoms with E-state index in [4.69, 9.17) is 11.6 Å². The summed E-state index contributed by atoms with van der Waals surface area (Å²) in [6, 6.07) is -0.455. The Morgan fingerprint density at radius 1 is 1.50 bits per heavy atom. The van der Waals surface area contributed by atoms with Gasteiger partial charge in [-0.05, 0) is 6.42 Å². The largest absolute Gasteiger partial charge is 0.229 e. The third kappa shape index (κ3) is 2.59. The van der Waals surface area contributed by atoms with Crippen molar-refractivity contribution in [3.63, 3.8) is 0 Å². The molecule has 14 heavy (non-hydrogen) atoms. The molecule has 1 saturated heterocycles. The van der Waals surface area contributed by atoms with E-state index >= 15 is 0 Å². The van der Waals surface area contributed by atoms with Crippen LogP contribution in [-0.2, 0) is 19.9 Å².